The number of carbonyl (C=O) groups excluding carboxylic acids is 2. The van der Waals surface area contributed by atoms with E-state index in [1.54, 1.807) is 30.6 Å². The Morgan fingerprint density at radius 1 is 1.08 bits per heavy atom. The number of fused-ring (bicyclic) bond motifs is 1. The van der Waals surface area contributed by atoms with Gasteiger partial charge >= 0.3 is 0 Å². The van der Waals surface area contributed by atoms with Gasteiger partial charge in [0.25, 0.3) is 5.91 Å². The number of anilines is 2. The Bertz CT molecular complexity index is 890. The van der Waals surface area contributed by atoms with E-state index in [0.717, 1.165) is 10.2 Å². The molecule has 0 saturated heterocycles. The van der Waals surface area contributed by atoms with Gasteiger partial charge in [-0.05, 0) is 30.3 Å². The molecule has 2 aromatic heterocycles. The van der Waals surface area contributed by atoms with E-state index >= 15 is 0 Å². The molecule has 6 nitrogen and oxygen atoms in total. The molecule has 2 amide bonds. The van der Waals surface area contributed by atoms with Gasteiger partial charge < -0.3 is 10.6 Å². The van der Waals surface area contributed by atoms with Crippen LogP contribution in [0.4, 0.5) is 10.8 Å². The zero-order chi connectivity index (χ0) is 17.1. The molecule has 0 fully saturated rings. The fourth-order valence-corrected chi connectivity index (χ4v) is 2.86. The Morgan fingerprint density at radius 3 is 2.54 bits per heavy atom. The van der Waals surface area contributed by atoms with E-state index in [2.05, 4.69) is 20.6 Å². The third-order valence-electron chi connectivity index (χ3n) is 3.34. The Balaban J connectivity index is 1.78. The Hall–Kier alpha value is -2.80. The van der Waals surface area contributed by atoms with Gasteiger partial charge in [-0.2, -0.15) is 0 Å². The van der Waals surface area contributed by atoms with E-state index in [1.807, 2.05) is 26.0 Å². The van der Waals surface area contributed by atoms with Gasteiger partial charge in [-0.3, -0.25) is 14.6 Å². The van der Waals surface area contributed by atoms with E-state index in [4.69, 9.17) is 0 Å². The van der Waals surface area contributed by atoms with Crippen LogP contribution in [-0.2, 0) is 4.79 Å². The predicted octanol–water partition coefficient (Wildman–Crippen LogP) is 3.54. The molecule has 3 rings (SSSR count). The molecule has 1 aromatic carbocycles. The zero-order valence-electron chi connectivity index (χ0n) is 13.2. The Labute approximate surface area is 142 Å². The summed E-state index contributed by atoms with van der Waals surface area (Å²) < 4.78 is 0.941. The monoisotopic (exact) mass is 340 g/mol. The molecular formula is C17H16N4O2S. The zero-order valence-corrected chi connectivity index (χ0v) is 14.1. The van der Waals surface area contributed by atoms with E-state index < -0.39 is 0 Å². The van der Waals surface area contributed by atoms with E-state index in [9.17, 15) is 9.59 Å². The largest absolute Gasteiger partial charge is 0.322 e. The summed E-state index contributed by atoms with van der Waals surface area (Å²) in [4.78, 5) is 32.2. The highest BCUT2D eigenvalue weighted by Gasteiger charge is 2.12. The molecule has 0 unspecified atom stereocenters. The summed E-state index contributed by atoms with van der Waals surface area (Å²) in [5, 5.41) is 6.18. The van der Waals surface area contributed by atoms with E-state index in [1.165, 1.54) is 11.3 Å². The summed E-state index contributed by atoms with van der Waals surface area (Å²) in [6, 6.07) is 8.77. The maximum atomic E-state index is 12.2. The van der Waals surface area contributed by atoms with Crippen molar-refractivity contribution in [2.75, 3.05) is 10.6 Å². The van der Waals surface area contributed by atoms with Gasteiger partial charge in [-0.15, -0.1) is 0 Å². The van der Waals surface area contributed by atoms with Crippen LogP contribution in [0.15, 0.2) is 42.7 Å². The smallest absolute Gasteiger partial charge is 0.255 e. The topological polar surface area (TPSA) is 84.0 Å². The van der Waals surface area contributed by atoms with E-state index in [0.29, 0.717) is 16.4 Å². The lowest BCUT2D eigenvalue weighted by Gasteiger charge is -2.04. The van der Waals surface area contributed by atoms with Gasteiger partial charge in [0, 0.05) is 29.6 Å². The van der Waals surface area contributed by atoms with Crippen LogP contribution in [-0.4, -0.2) is 21.8 Å². The number of benzene rings is 1. The van der Waals surface area contributed by atoms with Crippen LogP contribution in [0.2, 0.25) is 0 Å². The Kier molecular flexibility index (Phi) is 4.52. The van der Waals surface area contributed by atoms with Crippen molar-refractivity contribution in [3.8, 4) is 0 Å². The molecule has 122 valence electrons. The second-order valence-corrected chi connectivity index (χ2v) is 6.57. The first kappa shape index (κ1) is 16.1. The summed E-state index contributed by atoms with van der Waals surface area (Å²) >= 11 is 1.40. The molecular weight excluding hydrogens is 324 g/mol. The third kappa shape index (κ3) is 3.57. The van der Waals surface area contributed by atoms with Crippen LogP contribution >= 0.6 is 11.3 Å². The highest BCUT2D eigenvalue weighted by atomic mass is 32.1. The average Bonchev–Trinajstić information content (AvgIpc) is 2.97. The number of carbonyl (C=O) groups is 2. The molecule has 0 aliphatic carbocycles. The Morgan fingerprint density at radius 2 is 1.83 bits per heavy atom. The molecule has 0 bridgehead atoms. The number of nitrogens with one attached hydrogen (secondary N) is 2. The van der Waals surface area contributed by atoms with Gasteiger partial charge in [0.1, 0.15) is 0 Å². The maximum Gasteiger partial charge on any atom is 0.255 e. The predicted molar refractivity (Wildman–Crippen MR) is 95.3 cm³/mol. The number of hydrogen-bond acceptors (Lipinski definition) is 5. The fraction of sp³-hybridized carbons (Fsp3) is 0.176. The first-order valence-corrected chi connectivity index (χ1v) is 8.27. The minimum absolute atomic E-state index is 0.0692. The number of amides is 2. The third-order valence-corrected chi connectivity index (χ3v) is 4.29. The van der Waals surface area contributed by atoms with Crippen molar-refractivity contribution in [2.24, 2.45) is 5.92 Å². The maximum absolute atomic E-state index is 12.2. The van der Waals surface area contributed by atoms with Crippen LogP contribution in [0.5, 0.6) is 0 Å². The van der Waals surface area contributed by atoms with Gasteiger partial charge in [-0.25, -0.2) is 4.98 Å². The van der Waals surface area contributed by atoms with Crippen molar-refractivity contribution in [3.05, 3.63) is 48.3 Å². The molecule has 2 heterocycles. The molecule has 7 heteroatoms. The molecule has 0 aliphatic rings. The molecule has 24 heavy (non-hydrogen) atoms. The van der Waals surface area contributed by atoms with Crippen molar-refractivity contribution in [1.82, 2.24) is 9.97 Å². The average molecular weight is 340 g/mol. The van der Waals surface area contributed by atoms with Gasteiger partial charge in [0.15, 0.2) is 5.13 Å². The number of hydrogen-bond donors (Lipinski definition) is 2. The first-order chi connectivity index (χ1) is 11.5. The molecule has 0 saturated carbocycles. The summed E-state index contributed by atoms with van der Waals surface area (Å²) in [5.41, 5.74) is 1.91. The van der Waals surface area contributed by atoms with Gasteiger partial charge in [0.05, 0.1) is 10.2 Å². The summed E-state index contributed by atoms with van der Waals surface area (Å²) in [7, 11) is 0. The second kappa shape index (κ2) is 6.76. The minimum atomic E-state index is -0.208. The van der Waals surface area contributed by atoms with Crippen LogP contribution in [0.3, 0.4) is 0 Å². The molecule has 0 spiro atoms. The number of aromatic nitrogens is 2. The fourth-order valence-electron chi connectivity index (χ4n) is 2.01. The van der Waals surface area contributed by atoms with Crippen LogP contribution in [0.25, 0.3) is 10.2 Å². The van der Waals surface area contributed by atoms with Crippen molar-refractivity contribution in [2.45, 2.75) is 13.8 Å². The minimum Gasteiger partial charge on any atom is -0.322 e. The highest BCUT2D eigenvalue weighted by molar-refractivity contribution is 7.22. The van der Waals surface area contributed by atoms with Gasteiger partial charge in [0.2, 0.25) is 5.91 Å². The lowest BCUT2D eigenvalue weighted by atomic mass is 10.2. The second-order valence-electron chi connectivity index (χ2n) is 5.54. The molecule has 0 aliphatic heterocycles. The van der Waals surface area contributed by atoms with Crippen molar-refractivity contribution >= 4 is 44.2 Å². The van der Waals surface area contributed by atoms with E-state index in [-0.39, 0.29) is 17.7 Å². The van der Waals surface area contributed by atoms with Crippen LogP contribution in [0.1, 0.15) is 24.2 Å². The molecule has 2 N–H and O–H groups in total. The number of pyridine rings is 1. The first-order valence-electron chi connectivity index (χ1n) is 7.46. The summed E-state index contributed by atoms with van der Waals surface area (Å²) in [6.45, 7) is 3.66. The number of rotatable bonds is 4. The summed E-state index contributed by atoms with van der Waals surface area (Å²) in [6.07, 6.45) is 3.14. The molecule has 0 radical (unpaired) electrons. The van der Waals surface area contributed by atoms with Crippen LogP contribution < -0.4 is 10.6 Å². The highest BCUT2D eigenvalue weighted by Crippen LogP contribution is 2.28. The summed E-state index contributed by atoms with van der Waals surface area (Å²) in [5.74, 6) is -0.382. The van der Waals surface area contributed by atoms with Crippen LogP contribution in [0, 0.1) is 5.92 Å². The number of nitrogens with zero attached hydrogens (tertiary/aromatic N) is 2. The SMILES string of the molecule is CC(C)C(=O)Nc1nc2cc(NC(=O)c3ccncc3)ccc2s1. The lowest BCUT2D eigenvalue weighted by molar-refractivity contribution is -0.118. The quantitative estimate of drug-likeness (QED) is 0.761. The van der Waals surface area contributed by atoms with Crippen molar-refractivity contribution in [1.29, 1.82) is 0 Å². The normalized spacial score (nSPS) is 10.8. The molecule has 3 aromatic rings. The van der Waals surface area contributed by atoms with Crippen molar-refractivity contribution in [3.63, 3.8) is 0 Å². The molecule has 0 atom stereocenters. The van der Waals surface area contributed by atoms with Crippen molar-refractivity contribution < 1.29 is 9.59 Å². The lowest BCUT2D eigenvalue weighted by Crippen LogP contribution is -2.17. The number of thiazole rings is 1. The standard InChI is InChI=1S/C17H16N4O2S/c1-10(2)15(22)21-17-20-13-9-12(3-4-14(13)24-17)19-16(23)11-5-7-18-8-6-11/h3-10H,1-2H3,(H,19,23)(H,20,21,22). The van der Waals surface area contributed by atoms with Gasteiger partial charge in [-0.1, -0.05) is 25.2 Å².